The molecule has 8 nitrogen and oxygen atoms in total. The number of carbonyl (C=O) groups excluding carboxylic acids is 1. The Morgan fingerprint density at radius 3 is 1.90 bits per heavy atom. The van der Waals surface area contributed by atoms with Gasteiger partial charge in [0.2, 0.25) is 0 Å². The van der Waals surface area contributed by atoms with E-state index >= 15 is 0 Å². The van der Waals surface area contributed by atoms with Crippen LogP contribution in [-0.2, 0) is 35.7 Å². The van der Waals surface area contributed by atoms with Crippen LogP contribution in [0.1, 0.15) is 29.2 Å². The number of rotatable bonds is 12. The number of hydrogen-bond acceptors (Lipinski definition) is 6. The van der Waals surface area contributed by atoms with Crippen molar-refractivity contribution < 1.29 is 29.3 Å². The Labute approximate surface area is 233 Å². The molecule has 0 bridgehead atoms. The monoisotopic (exact) mass is 540 g/mol. The summed E-state index contributed by atoms with van der Waals surface area (Å²) in [4.78, 5) is 25.6. The zero-order chi connectivity index (χ0) is 28.4. The van der Waals surface area contributed by atoms with Gasteiger partial charge >= 0.3 is 12.1 Å². The van der Waals surface area contributed by atoms with Gasteiger partial charge in [-0.05, 0) is 41.3 Å². The highest BCUT2D eigenvalue weighted by Gasteiger charge is 2.41. The third-order valence-electron chi connectivity index (χ3n) is 6.49. The molecule has 0 spiro atoms. The fourth-order valence-corrected chi connectivity index (χ4v) is 4.17. The van der Waals surface area contributed by atoms with Crippen molar-refractivity contribution >= 4 is 12.1 Å². The minimum Gasteiger partial charge on any atom is -0.504 e. The highest BCUT2D eigenvalue weighted by molar-refractivity contribution is 5.79. The van der Waals surface area contributed by atoms with E-state index in [1.54, 1.807) is 12.1 Å². The van der Waals surface area contributed by atoms with Crippen LogP contribution in [0.15, 0.2) is 109 Å². The largest absolute Gasteiger partial charge is 0.504 e. The summed E-state index contributed by atoms with van der Waals surface area (Å²) in [5.74, 6) is -0.967. The van der Waals surface area contributed by atoms with Crippen LogP contribution >= 0.6 is 0 Å². The molecule has 40 heavy (non-hydrogen) atoms. The Kier molecular flexibility index (Phi) is 9.38. The summed E-state index contributed by atoms with van der Waals surface area (Å²) >= 11 is 0. The molecule has 1 amide bonds. The van der Waals surface area contributed by atoms with E-state index in [4.69, 9.17) is 9.47 Å². The SMILES string of the molecule is C[C@](Cc1ccc(O)c(OCc2ccccc2)c1)(C(=O)O)N(Cc1ccccc1)NC(=O)OCc1ccccc1. The normalized spacial score (nSPS) is 12.3. The van der Waals surface area contributed by atoms with Crippen LogP contribution in [0.5, 0.6) is 11.5 Å². The van der Waals surface area contributed by atoms with Gasteiger partial charge in [-0.15, -0.1) is 0 Å². The number of phenols is 1. The van der Waals surface area contributed by atoms with Crippen LogP contribution < -0.4 is 10.2 Å². The van der Waals surface area contributed by atoms with Crippen molar-refractivity contribution in [1.29, 1.82) is 0 Å². The number of carboxylic acids is 1. The molecule has 0 aromatic heterocycles. The van der Waals surface area contributed by atoms with Gasteiger partial charge in [-0.1, -0.05) is 97.1 Å². The number of phenolic OH excluding ortho intramolecular Hbond substituents is 1. The zero-order valence-corrected chi connectivity index (χ0v) is 22.2. The number of carboxylic acid groups (broad SMARTS) is 1. The van der Waals surface area contributed by atoms with Gasteiger partial charge in [0.05, 0.1) is 0 Å². The summed E-state index contributed by atoms with van der Waals surface area (Å²) in [5, 5.41) is 22.2. The quantitative estimate of drug-likeness (QED) is 0.198. The second-order valence-corrected chi connectivity index (χ2v) is 9.58. The van der Waals surface area contributed by atoms with Crippen molar-refractivity contribution in [2.24, 2.45) is 0 Å². The van der Waals surface area contributed by atoms with Crippen molar-refractivity contribution in [2.45, 2.75) is 38.6 Å². The van der Waals surface area contributed by atoms with Crippen LogP contribution in [-0.4, -0.2) is 32.8 Å². The summed E-state index contributed by atoms with van der Waals surface area (Å²) in [6.45, 7) is 1.92. The van der Waals surface area contributed by atoms with Gasteiger partial charge in [-0.2, -0.15) is 5.01 Å². The number of carbonyl (C=O) groups is 2. The van der Waals surface area contributed by atoms with Gasteiger partial charge in [0.25, 0.3) is 0 Å². The molecule has 4 rings (SSSR count). The van der Waals surface area contributed by atoms with Crippen molar-refractivity contribution in [2.75, 3.05) is 0 Å². The first-order chi connectivity index (χ1) is 19.3. The first-order valence-corrected chi connectivity index (χ1v) is 12.8. The van der Waals surface area contributed by atoms with Crippen LogP contribution in [0.2, 0.25) is 0 Å². The Morgan fingerprint density at radius 1 is 0.775 bits per heavy atom. The minimum absolute atomic E-state index is 0.00386. The van der Waals surface area contributed by atoms with E-state index in [0.29, 0.717) is 5.56 Å². The zero-order valence-electron chi connectivity index (χ0n) is 22.2. The molecule has 0 saturated carbocycles. The maximum Gasteiger partial charge on any atom is 0.422 e. The summed E-state index contributed by atoms with van der Waals surface area (Å²) in [7, 11) is 0. The molecule has 4 aromatic carbocycles. The predicted molar refractivity (Wildman–Crippen MR) is 150 cm³/mol. The van der Waals surface area contributed by atoms with Crippen molar-refractivity contribution in [1.82, 2.24) is 10.4 Å². The van der Waals surface area contributed by atoms with E-state index < -0.39 is 17.6 Å². The molecule has 0 heterocycles. The molecular weight excluding hydrogens is 508 g/mol. The van der Waals surface area contributed by atoms with E-state index in [2.05, 4.69) is 5.43 Å². The lowest BCUT2D eigenvalue weighted by atomic mass is 9.91. The average molecular weight is 541 g/mol. The number of aliphatic carboxylic acids is 1. The van der Waals surface area contributed by atoms with Gasteiger partial charge in [-0.3, -0.25) is 10.2 Å². The molecule has 0 aliphatic heterocycles. The van der Waals surface area contributed by atoms with E-state index in [1.807, 2.05) is 91.0 Å². The number of ether oxygens (including phenoxy) is 2. The first kappa shape index (κ1) is 28.2. The number of nitrogens with zero attached hydrogens (tertiary/aromatic N) is 1. The summed E-state index contributed by atoms with van der Waals surface area (Å²) < 4.78 is 11.2. The van der Waals surface area contributed by atoms with Crippen molar-refractivity contribution in [3.63, 3.8) is 0 Å². The van der Waals surface area contributed by atoms with Crippen LogP contribution in [0.25, 0.3) is 0 Å². The fourth-order valence-electron chi connectivity index (χ4n) is 4.17. The van der Waals surface area contributed by atoms with Crippen LogP contribution in [0, 0.1) is 0 Å². The van der Waals surface area contributed by atoms with Crippen molar-refractivity contribution in [3.05, 3.63) is 131 Å². The first-order valence-electron chi connectivity index (χ1n) is 12.8. The number of amides is 1. The molecule has 0 fully saturated rings. The summed E-state index contributed by atoms with van der Waals surface area (Å²) in [6.07, 6.45) is -0.777. The molecule has 0 radical (unpaired) electrons. The van der Waals surface area contributed by atoms with E-state index in [9.17, 15) is 19.8 Å². The minimum atomic E-state index is -1.59. The summed E-state index contributed by atoms with van der Waals surface area (Å²) in [5.41, 5.74) is 4.21. The highest BCUT2D eigenvalue weighted by atomic mass is 16.6. The topological polar surface area (TPSA) is 108 Å². The molecule has 1 atom stereocenters. The standard InChI is InChI=1S/C32H32N2O6/c1-32(30(36)37,20-27-17-18-28(35)29(19-27)39-22-25-13-7-3-8-14-25)34(21-24-11-5-2-6-12-24)33-31(38)40-23-26-15-9-4-10-16-26/h2-19,35H,20-23H2,1H3,(H,33,38)(H,36,37)/t32-/m0/s1. The lowest BCUT2D eigenvalue weighted by molar-refractivity contribution is -0.153. The van der Waals surface area contributed by atoms with Crippen molar-refractivity contribution in [3.8, 4) is 11.5 Å². The second kappa shape index (κ2) is 13.3. The number of benzene rings is 4. The number of hydrogen-bond donors (Lipinski definition) is 3. The molecule has 3 N–H and O–H groups in total. The van der Waals surface area contributed by atoms with Gasteiger partial charge in [0, 0.05) is 13.0 Å². The maximum absolute atomic E-state index is 12.8. The second-order valence-electron chi connectivity index (χ2n) is 9.58. The van der Waals surface area contributed by atoms with Gasteiger partial charge in [-0.25, -0.2) is 4.79 Å². The lowest BCUT2D eigenvalue weighted by Crippen LogP contribution is -2.60. The van der Waals surface area contributed by atoms with Crippen LogP contribution in [0.3, 0.4) is 0 Å². The number of nitrogens with one attached hydrogen (secondary N) is 1. The molecule has 0 saturated heterocycles. The molecule has 0 aliphatic rings. The molecular formula is C32H32N2O6. The van der Waals surface area contributed by atoms with E-state index in [0.717, 1.165) is 16.7 Å². The molecule has 206 valence electrons. The van der Waals surface area contributed by atoms with Crippen LogP contribution in [0.4, 0.5) is 4.79 Å². The molecule has 8 heteroatoms. The highest BCUT2D eigenvalue weighted by Crippen LogP contribution is 2.31. The third kappa shape index (κ3) is 7.61. The smallest absolute Gasteiger partial charge is 0.422 e. The Bertz CT molecular complexity index is 1400. The Hall–Kier alpha value is -4.82. The Balaban J connectivity index is 1.55. The van der Waals surface area contributed by atoms with E-state index in [1.165, 1.54) is 18.0 Å². The third-order valence-corrected chi connectivity index (χ3v) is 6.49. The number of hydrazine groups is 1. The Morgan fingerprint density at radius 2 is 1.32 bits per heavy atom. The lowest BCUT2D eigenvalue weighted by Gasteiger charge is -2.37. The van der Waals surface area contributed by atoms with Gasteiger partial charge < -0.3 is 19.7 Å². The number of aromatic hydroxyl groups is 1. The van der Waals surface area contributed by atoms with Gasteiger partial charge in [0.15, 0.2) is 11.5 Å². The van der Waals surface area contributed by atoms with Gasteiger partial charge in [0.1, 0.15) is 18.8 Å². The molecule has 4 aromatic rings. The maximum atomic E-state index is 12.8. The molecule has 0 aliphatic carbocycles. The predicted octanol–water partition coefficient (Wildman–Crippen LogP) is 5.70. The fraction of sp³-hybridized carbons (Fsp3) is 0.188. The molecule has 0 unspecified atom stereocenters. The average Bonchev–Trinajstić information content (AvgIpc) is 2.97. The van der Waals surface area contributed by atoms with E-state index in [-0.39, 0.29) is 37.7 Å². The summed E-state index contributed by atoms with van der Waals surface area (Å²) in [6, 6.07) is 32.7.